The van der Waals surface area contributed by atoms with Crippen LogP contribution >= 0.6 is 0 Å². The van der Waals surface area contributed by atoms with E-state index in [9.17, 15) is 18.0 Å². The molecular formula is C10H10F3N3O. The Hall–Kier alpha value is -1.63. The fourth-order valence-corrected chi connectivity index (χ4v) is 1.77. The van der Waals surface area contributed by atoms with Gasteiger partial charge in [0.25, 0.3) is 0 Å². The van der Waals surface area contributed by atoms with Crippen molar-refractivity contribution in [3.05, 3.63) is 23.9 Å². The molecule has 2 heterocycles. The number of alkyl halides is 3. The van der Waals surface area contributed by atoms with E-state index < -0.39 is 23.7 Å². The Bertz CT molecular complexity index is 447. The summed E-state index contributed by atoms with van der Waals surface area (Å²) in [6.45, 7) is 0.0684. The predicted molar refractivity (Wildman–Crippen MR) is 54.2 cm³/mol. The highest BCUT2D eigenvalue weighted by Gasteiger charge is 2.39. The van der Waals surface area contributed by atoms with Crippen LogP contribution in [0.5, 0.6) is 0 Å². The van der Waals surface area contributed by atoms with E-state index in [1.54, 1.807) is 0 Å². The van der Waals surface area contributed by atoms with Gasteiger partial charge in [0.2, 0.25) is 5.91 Å². The van der Waals surface area contributed by atoms with E-state index in [2.05, 4.69) is 4.98 Å². The first kappa shape index (κ1) is 11.8. The van der Waals surface area contributed by atoms with Crippen molar-refractivity contribution in [1.29, 1.82) is 0 Å². The number of rotatable bonds is 1. The zero-order valence-electron chi connectivity index (χ0n) is 8.74. The molecule has 92 valence electrons. The molecule has 2 N–H and O–H groups in total. The molecule has 7 heteroatoms. The summed E-state index contributed by atoms with van der Waals surface area (Å²) < 4.78 is 38.2. The Kier molecular flexibility index (Phi) is 2.78. The van der Waals surface area contributed by atoms with Gasteiger partial charge in [0.05, 0.1) is 5.56 Å². The molecule has 1 unspecified atom stereocenters. The van der Waals surface area contributed by atoms with Gasteiger partial charge < -0.3 is 5.73 Å². The van der Waals surface area contributed by atoms with Crippen molar-refractivity contribution >= 4 is 11.7 Å². The highest BCUT2D eigenvalue weighted by Crippen LogP contribution is 2.36. The molecule has 0 bridgehead atoms. The highest BCUT2D eigenvalue weighted by molar-refractivity contribution is 5.96. The first-order valence-corrected chi connectivity index (χ1v) is 4.98. The van der Waals surface area contributed by atoms with Crippen LogP contribution < -0.4 is 10.6 Å². The lowest BCUT2D eigenvalue weighted by molar-refractivity contribution is -0.137. The minimum Gasteiger partial charge on any atom is -0.326 e. The molecule has 2 rings (SSSR count). The summed E-state index contributed by atoms with van der Waals surface area (Å²) in [6.07, 6.45) is -3.26. The van der Waals surface area contributed by atoms with Gasteiger partial charge in [0.15, 0.2) is 0 Å². The van der Waals surface area contributed by atoms with E-state index in [1.807, 2.05) is 0 Å². The standard InChI is InChI=1S/C10H10F3N3O/c11-10(12,13)7-2-1-3-15-9(7)16-5-6(14)4-8(16)17/h1-3,6H,4-5,14H2. The lowest BCUT2D eigenvalue weighted by Crippen LogP contribution is -2.30. The molecule has 1 aromatic heterocycles. The van der Waals surface area contributed by atoms with Crippen LogP contribution in [0.25, 0.3) is 0 Å². The number of amides is 1. The third-order valence-corrected chi connectivity index (χ3v) is 2.50. The maximum Gasteiger partial charge on any atom is 0.419 e. The number of aromatic nitrogens is 1. The Balaban J connectivity index is 2.42. The van der Waals surface area contributed by atoms with Crippen molar-refractivity contribution in [1.82, 2.24) is 4.98 Å². The van der Waals surface area contributed by atoms with Gasteiger partial charge in [-0.2, -0.15) is 13.2 Å². The second kappa shape index (κ2) is 3.99. The minimum atomic E-state index is -4.53. The third-order valence-electron chi connectivity index (χ3n) is 2.50. The van der Waals surface area contributed by atoms with Crippen LogP contribution in [-0.2, 0) is 11.0 Å². The molecule has 17 heavy (non-hydrogen) atoms. The number of halogens is 3. The molecule has 1 fully saturated rings. The Labute approximate surface area is 95.2 Å². The molecule has 0 saturated carbocycles. The minimum absolute atomic E-state index is 0.0495. The molecule has 1 aliphatic heterocycles. The van der Waals surface area contributed by atoms with Gasteiger partial charge >= 0.3 is 6.18 Å². The Morgan fingerprint density at radius 2 is 2.18 bits per heavy atom. The number of carbonyl (C=O) groups is 1. The van der Waals surface area contributed by atoms with Crippen molar-refractivity contribution < 1.29 is 18.0 Å². The fourth-order valence-electron chi connectivity index (χ4n) is 1.77. The second-order valence-corrected chi connectivity index (χ2v) is 3.84. The molecule has 1 aliphatic rings. The monoisotopic (exact) mass is 245 g/mol. The van der Waals surface area contributed by atoms with Crippen molar-refractivity contribution in [2.75, 3.05) is 11.4 Å². The van der Waals surface area contributed by atoms with Crippen LogP contribution in [-0.4, -0.2) is 23.5 Å². The number of hydrogen-bond acceptors (Lipinski definition) is 3. The van der Waals surface area contributed by atoms with Crippen molar-refractivity contribution in [3.63, 3.8) is 0 Å². The molecule has 0 aromatic carbocycles. The van der Waals surface area contributed by atoms with Crippen molar-refractivity contribution in [2.24, 2.45) is 5.73 Å². The number of nitrogens with two attached hydrogens (primary N) is 1. The van der Waals surface area contributed by atoms with E-state index in [4.69, 9.17) is 5.73 Å². The van der Waals surface area contributed by atoms with E-state index >= 15 is 0 Å². The molecule has 0 radical (unpaired) electrons. The van der Waals surface area contributed by atoms with Gasteiger partial charge in [-0.1, -0.05) is 0 Å². The van der Waals surface area contributed by atoms with E-state index in [-0.39, 0.29) is 18.8 Å². The molecule has 1 atom stereocenters. The summed E-state index contributed by atoms with van der Waals surface area (Å²) in [6, 6.07) is 1.65. The van der Waals surface area contributed by atoms with E-state index in [1.165, 1.54) is 12.3 Å². The summed E-state index contributed by atoms with van der Waals surface area (Å²) in [7, 11) is 0. The van der Waals surface area contributed by atoms with Crippen LogP contribution in [0, 0.1) is 0 Å². The van der Waals surface area contributed by atoms with Gasteiger partial charge in [-0.05, 0) is 12.1 Å². The molecule has 1 saturated heterocycles. The number of nitrogens with zero attached hydrogens (tertiary/aromatic N) is 2. The second-order valence-electron chi connectivity index (χ2n) is 3.84. The molecule has 0 spiro atoms. The first-order valence-electron chi connectivity index (χ1n) is 4.98. The summed E-state index contributed by atoms with van der Waals surface area (Å²) in [5, 5.41) is 0. The number of anilines is 1. The zero-order valence-corrected chi connectivity index (χ0v) is 8.74. The number of hydrogen-bond donors (Lipinski definition) is 1. The third kappa shape index (κ3) is 2.23. The molecule has 4 nitrogen and oxygen atoms in total. The molecule has 1 amide bonds. The SMILES string of the molecule is NC1CC(=O)N(c2ncccc2C(F)(F)F)C1. The van der Waals surface area contributed by atoms with Gasteiger partial charge in [0.1, 0.15) is 5.82 Å². The Morgan fingerprint density at radius 1 is 1.47 bits per heavy atom. The number of carbonyl (C=O) groups excluding carboxylic acids is 1. The van der Waals surface area contributed by atoms with Crippen LogP contribution in [0.15, 0.2) is 18.3 Å². The normalized spacial score (nSPS) is 21.1. The fraction of sp³-hybridized carbons (Fsp3) is 0.400. The molecule has 0 aliphatic carbocycles. The van der Waals surface area contributed by atoms with Crippen molar-refractivity contribution in [2.45, 2.75) is 18.6 Å². The maximum absolute atomic E-state index is 12.7. The average Bonchev–Trinajstić information content (AvgIpc) is 2.56. The smallest absolute Gasteiger partial charge is 0.326 e. The zero-order chi connectivity index (χ0) is 12.6. The van der Waals surface area contributed by atoms with E-state index in [0.717, 1.165) is 11.0 Å². The molecular weight excluding hydrogens is 235 g/mol. The van der Waals surface area contributed by atoms with Crippen molar-refractivity contribution in [3.8, 4) is 0 Å². The predicted octanol–water partition coefficient (Wildman–Crippen LogP) is 1.16. The largest absolute Gasteiger partial charge is 0.419 e. The van der Waals surface area contributed by atoms with Crippen LogP contribution in [0.4, 0.5) is 19.0 Å². The summed E-state index contributed by atoms with van der Waals surface area (Å²) >= 11 is 0. The van der Waals surface area contributed by atoms with Gasteiger partial charge in [0, 0.05) is 25.2 Å². The topological polar surface area (TPSA) is 59.2 Å². The number of pyridine rings is 1. The van der Waals surface area contributed by atoms with Gasteiger partial charge in [-0.25, -0.2) is 4.98 Å². The first-order chi connectivity index (χ1) is 7.89. The van der Waals surface area contributed by atoms with Gasteiger partial charge in [-0.15, -0.1) is 0 Å². The molecule has 1 aromatic rings. The summed E-state index contributed by atoms with van der Waals surface area (Å²) in [5.41, 5.74) is 4.63. The maximum atomic E-state index is 12.7. The van der Waals surface area contributed by atoms with E-state index in [0.29, 0.717) is 0 Å². The Morgan fingerprint density at radius 3 is 2.71 bits per heavy atom. The lowest BCUT2D eigenvalue weighted by Gasteiger charge is -2.19. The lowest BCUT2D eigenvalue weighted by atomic mass is 10.2. The quantitative estimate of drug-likeness (QED) is 0.807. The van der Waals surface area contributed by atoms with Gasteiger partial charge in [-0.3, -0.25) is 9.69 Å². The summed E-state index contributed by atoms with van der Waals surface area (Å²) in [5.74, 6) is -0.792. The van der Waals surface area contributed by atoms with Crippen LogP contribution in [0.1, 0.15) is 12.0 Å². The highest BCUT2D eigenvalue weighted by atomic mass is 19.4. The van der Waals surface area contributed by atoms with Crippen LogP contribution in [0.2, 0.25) is 0 Å². The summed E-state index contributed by atoms with van der Waals surface area (Å²) in [4.78, 5) is 16.1. The average molecular weight is 245 g/mol. The van der Waals surface area contributed by atoms with Crippen LogP contribution in [0.3, 0.4) is 0 Å².